The first-order valence-corrected chi connectivity index (χ1v) is 7.85. The smallest absolute Gasteiger partial charge is 0.340 e. The number of benzene rings is 1. The lowest BCUT2D eigenvalue weighted by Gasteiger charge is -2.11. The SMILES string of the molecule is COC(=O)c1c(C)cccc1NCc1nc(-c2cccs2)no1. The van der Waals surface area contributed by atoms with Gasteiger partial charge < -0.3 is 14.6 Å². The quantitative estimate of drug-likeness (QED) is 0.722. The van der Waals surface area contributed by atoms with Gasteiger partial charge in [-0.05, 0) is 30.0 Å². The number of aryl methyl sites for hydroxylation is 1. The Labute approximate surface area is 137 Å². The van der Waals surface area contributed by atoms with Crippen molar-refractivity contribution < 1.29 is 14.1 Å². The van der Waals surface area contributed by atoms with Crippen LogP contribution in [0.15, 0.2) is 40.2 Å². The van der Waals surface area contributed by atoms with Crippen molar-refractivity contribution in [3.8, 4) is 10.7 Å². The first kappa shape index (κ1) is 15.2. The Morgan fingerprint density at radius 2 is 2.22 bits per heavy atom. The molecule has 0 aliphatic heterocycles. The molecule has 0 atom stereocenters. The number of carbonyl (C=O) groups excluding carboxylic acids is 1. The summed E-state index contributed by atoms with van der Waals surface area (Å²) in [6.07, 6.45) is 0. The van der Waals surface area contributed by atoms with Crippen molar-refractivity contribution in [3.63, 3.8) is 0 Å². The molecule has 0 amide bonds. The highest BCUT2D eigenvalue weighted by Crippen LogP contribution is 2.23. The zero-order chi connectivity index (χ0) is 16.2. The van der Waals surface area contributed by atoms with Crippen LogP contribution < -0.4 is 5.32 Å². The number of carbonyl (C=O) groups is 1. The summed E-state index contributed by atoms with van der Waals surface area (Å²) in [5, 5.41) is 9.06. The third kappa shape index (κ3) is 3.24. The van der Waals surface area contributed by atoms with Gasteiger partial charge in [0.25, 0.3) is 0 Å². The molecule has 0 aliphatic rings. The monoisotopic (exact) mass is 329 g/mol. The van der Waals surface area contributed by atoms with Gasteiger partial charge in [-0.15, -0.1) is 11.3 Å². The molecule has 2 heterocycles. The maximum atomic E-state index is 11.9. The second kappa shape index (κ2) is 6.62. The average Bonchev–Trinajstić information content (AvgIpc) is 3.23. The minimum atomic E-state index is -0.379. The van der Waals surface area contributed by atoms with E-state index in [1.54, 1.807) is 11.3 Å². The molecule has 7 heteroatoms. The predicted molar refractivity (Wildman–Crippen MR) is 87.5 cm³/mol. The molecule has 0 aliphatic carbocycles. The predicted octanol–water partition coefficient (Wildman–Crippen LogP) is 3.51. The fourth-order valence-corrected chi connectivity index (χ4v) is 2.84. The Morgan fingerprint density at radius 3 is 2.96 bits per heavy atom. The van der Waals surface area contributed by atoms with Crippen LogP contribution in [0.2, 0.25) is 0 Å². The standard InChI is InChI=1S/C16H15N3O3S/c1-10-5-3-6-11(14(10)16(20)21-2)17-9-13-18-15(19-22-13)12-7-4-8-23-12/h3-8,17H,9H2,1-2H3. The lowest BCUT2D eigenvalue weighted by Crippen LogP contribution is -2.10. The Kier molecular flexibility index (Phi) is 4.38. The highest BCUT2D eigenvalue weighted by atomic mass is 32.1. The zero-order valence-corrected chi connectivity index (χ0v) is 13.5. The first-order valence-electron chi connectivity index (χ1n) is 6.97. The Hall–Kier alpha value is -2.67. The topological polar surface area (TPSA) is 77.2 Å². The first-order chi connectivity index (χ1) is 11.2. The molecular weight excluding hydrogens is 314 g/mol. The molecule has 0 unspecified atom stereocenters. The van der Waals surface area contributed by atoms with Gasteiger partial charge in [0.15, 0.2) is 0 Å². The van der Waals surface area contributed by atoms with Gasteiger partial charge in [0, 0.05) is 5.69 Å². The zero-order valence-electron chi connectivity index (χ0n) is 12.7. The fourth-order valence-electron chi connectivity index (χ4n) is 2.19. The highest BCUT2D eigenvalue weighted by Gasteiger charge is 2.15. The van der Waals surface area contributed by atoms with Crippen LogP contribution in [0.5, 0.6) is 0 Å². The Bertz CT molecular complexity index is 812. The molecule has 23 heavy (non-hydrogen) atoms. The number of nitrogens with one attached hydrogen (secondary N) is 1. The second-order valence-electron chi connectivity index (χ2n) is 4.83. The summed E-state index contributed by atoms with van der Waals surface area (Å²) in [7, 11) is 1.36. The van der Waals surface area contributed by atoms with Gasteiger partial charge >= 0.3 is 5.97 Å². The number of anilines is 1. The van der Waals surface area contributed by atoms with Crippen LogP contribution in [-0.2, 0) is 11.3 Å². The van der Waals surface area contributed by atoms with Crippen LogP contribution in [0.4, 0.5) is 5.69 Å². The van der Waals surface area contributed by atoms with Crippen LogP contribution in [0.1, 0.15) is 21.8 Å². The minimum Gasteiger partial charge on any atom is -0.465 e. The lowest BCUT2D eigenvalue weighted by atomic mass is 10.1. The molecule has 3 rings (SSSR count). The van der Waals surface area contributed by atoms with Crippen molar-refractivity contribution in [2.45, 2.75) is 13.5 Å². The third-order valence-corrected chi connectivity index (χ3v) is 4.17. The molecule has 3 aromatic rings. The van der Waals surface area contributed by atoms with Gasteiger partial charge in [0.1, 0.15) is 0 Å². The second-order valence-corrected chi connectivity index (χ2v) is 5.78. The van der Waals surface area contributed by atoms with Crippen molar-refractivity contribution in [1.29, 1.82) is 0 Å². The van der Waals surface area contributed by atoms with E-state index in [4.69, 9.17) is 9.26 Å². The summed E-state index contributed by atoms with van der Waals surface area (Å²) in [4.78, 5) is 17.2. The van der Waals surface area contributed by atoms with Crippen LogP contribution in [-0.4, -0.2) is 23.2 Å². The lowest BCUT2D eigenvalue weighted by molar-refractivity contribution is 0.0601. The van der Waals surface area contributed by atoms with Gasteiger partial charge in [-0.25, -0.2) is 4.79 Å². The van der Waals surface area contributed by atoms with Crippen molar-refractivity contribution >= 4 is 23.0 Å². The number of hydrogen-bond acceptors (Lipinski definition) is 7. The maximum Gasteiger partial charge on any atom is 0.340 e. The molecule has 1 aromatic carbocycles. The largest absolute Gasteiger partial charge is 0.465 e. The van der Waals surface area contributed by atoms with Gasteiger partial charge in [-0.1, -0.05) is 23.4 Å². The Morgan fingerprint density at radius 1 is 1.35 bits per heavy atom. The average molecular weight is 329 g/mol. The summed E-state index contributed by atoms with van der Waals surface area (Å²) in [6.45, 7) is 2.19. The normalized spacial score (nSPS) is 10.5. The molecule has 1 N–H and O–H groups in total. The van der Waals surface area contributed by atoms with E-state index in [0.29, 0.717) is 29.5 Å². The van der Waals surface area contributed by atoms with E-state index in [9.17, 15) is 4.79 Å². The van der Waals surface area contributed by atoms with E-state index in [-0.39, 0.29) is 5.97 Å². The van der Waals surface area contributed by atoms with E-state index in [0.717, 1.165) is 10.4 Å². The minimum absolute atomic E-state index is 0.325. The number of hydrogen-bond donors (Lipinski definition) is 1. The number of rotatable bonds is 5. The number of methoxy groups -OCH3 is 1. The van der Waals surface area contributed by atoms with Gasteiger partial charge in [-0.3, -0.25) is 0 Å². The van der Waals surface area contributed by atoms with Gasteiger partial charge in [0.2, 0.25) is 11.7 Å². The van der Waals surface area contributed by atoms with Crippen molar-refractivity contribution in [2.75, 3.05) is 12.4 Å². The summed E-state index contributed by atoms with van der Waals surface area (Å²) < 4.78 is 10.1. The number of esters is 1. The summed E-state index contributed by atoms with van der Waals surface area (Å²) >= 11 is 1.55. The van der Waals surface area contributed by atoms with E-state index in [2.05, 4.69) is 15.5 Å². The molecule has 2 aromatic heterocycles. The fraction of sp³-hybridized carbons (Fsp3) is 0.188. The molecule has 118 valence electrons. The van der Waals surface area contributed by atoms with Crippen molar-refractivity contribution in [1.82, 2.24) is 10.1 Å². The summed E-state index contributed by atoms with van der Waals surface area (Å²) in [5.41, 5.74) is 2.02. The number of nitrogens with zero attached hydrogens (tertiary/aromatic N) is 2. The van der Waals surface area contributed by atoms with Gasteiger partial charge in [0.05, 0.1) is 24.1 Å². The molecule has 0 saturated carbocycles. The summed E-state index contributed by atoms with van der Waals surface area (Å²) in [6, 6.07) is 9.41. The van der Waals surface area contributed by atoms with Crippen LogP contribution in [0.25, 0.3) is 10.7 Å². The van der Waals surface area contributed by atoms with Crippen molar-refractivity contribution in [2.24, 2.45) is 0 Å². The molecule has 0 spiro atoms. The summed E-state index contributed by atoms with van der Waals surface area (Å²) in [5.74, 6) is 0.635. The molecule has 6 nitrogen and oxygen atoms in total. The molecule has 0 saturated heterocycles. The number of thiophene rings is 1. The van der Waals surface area contributed by atoms with E-state index >= 15 is 0 Å². The maximum absolute atomic E-state index is 11.9. The molecule has 0 radical (unpaired) electrons. The van der Waals surface area contributed by atoms with Crippen molar-refractivity contribution in [3.05, 3.63) is 52.7 Å². The molecule has 0 fully saturated rings. The third-order valence-electron chi connectivity index (χ3n) is 3.30. The van der Waals surface area contributed by atoms with Crippen LogP contribution in [0.3, 0.4) is 0 Å². The molecular formula is C16H15N3O3S. The number of ether oxygens (including phenoxy) is 1. The highest BCUT2D eigenvalue weighted by molar-refractivity contribution is 7.13. The number of aromatic nitrogens is 2. The van der Waals surface area contributed by atoms with E-state index in [1.165, 1.54) is 7.11 Å². The van der Waals surface area contributed by atoms with Gasteiger partial charge in [-0.2, -0.15) is 4.98 Å². The van der Waals surface area contributed by atoms with E-state index in [1.807, 2.05) is 42.6 Å². The Balaban J connectivity index is 1.76. The van der Waals surface area contributed by atoms with E-state index < -0.39 is 0 Å². The molecule has 0 bridgehead atoms. The van der Waals surface area contributed by atoms with Crippen LogP contribution in [0, 0.1) is 6.92 Å². The van der Waals surface area contributed by atoms with Crippen LogP contribution >= 0.6 is 11.3 Å².